The van der Waals surface area contributed by atoms with Crippen molar-refractivity contribution in [2.45, 2.75) is 126 Å². The van der Waals surface area contributed by atoms with Crippen molar-refractivity contribution in [3.63, 3.8) is 0 Å². The molecule has 8 N–H and O–H groups in total. The van der Waals surface area contributed by atoms with E-state index in [1.165, 1.54) is 26.0 Å². The van der Waals surface area contributed by atoms with E-state index in [0.29, 0.717) is 35.5 Å². The summed E-state index contributed by atoms with van der Waals surface area (Å²) >= 11 is 1.08. The zero-order valence-corrected chi connectivity index (χ0v) is 40.2. The number of hydrogen-bond donors (Lipinski definition) is 8. The first kappa shape index (κ1) is 51.3. The number of anilines is 2. The number of pyridine rings is 1. The number of ketones is 2. The van der Waals surface area contributed by atoms with Crippen LogP contribution in [-0.2, 0) is 43.0 Å². The summed E-state index contributed by atoms with van der Waals surface area (Å²) in [6.45, 7) is 7.55. The number of carbonyl (C=O) groups excluding carboxylic acids is 6. The van der Waals surface area contributed by atoms with Crippen molar-refractivity contribution in [1.82, 2.24) is 20.9 Å². The molecule has 1 aliphatic heterocycles. The molecule has 1 aromatic carbocycles. The largest absolute Gasteiger partial charge is 0.481 e. The average Bonchev–Trinajstić information content (AvgIpc) is 3.81. The summed E-state index contributed by atoms with van der Waals surface area (Å²) < 4.78 is 30.9. The molecule has 7 rings (SSSR count). The lowest BCUT2D eigenvalue weighted by Crippen LogP contribution is -2.69. The number of carboxylic acids is 1. The van der Waals surface area contributed by atoms with Gasteiger partial charge in [-0.3, -0.25) is 33.6 Å². The molecule has 20 heteroatoms. The summed E-state index contributed by atoms with van der Waals surface area (Å²) in [4.78, 5) is 92.0. The topological polar surface area (TPSA) is 272 Å². The number of alkyl halides is 1. The Balaban J connectivity index is 0.904. The predicted molar refractivity (Wildman–Crippen MR) is 251 cm³/mol. The van der Waals surface area contributed by atoms with Crippen molar-refractivity contribution >= 4 is 64.4 Å². The molecule has 1 aromatic heterocycles. The molecule has 2 aromatic rings. The maximum Gasteiger partial charge on any atom is 0.305 e. The maximum atomic E-state index is 17.7. The Hall–Kier alpha value is -5.54. The van der Waals surface area contributed by atoms with E-state index < -0.39 is 112 Å². The van der Waals surface area contributed by atoms with Gasteiger partial charge < -0.3 is 51.4 Å². The van der Waals surface area contributed by atoms with Crippen LogP contribution in [0.3, 0.4) is 0 Å². The number of aliphatic carboxylic acids is 1. The second-order valence-corrected chi connectivity index (χ2v) is 20.3. The lowest BCUT2D eigenvalue weighted by Gasteiger charge is -2.62. The number of amides is 4. The fraction of sp³-hybridized carbons (Fsp3) is 0.551. The van der Waals surface area contributed by atoms with Crippen LogP contribution in [0.5, 0.6) is 0 Å². The van der Waals surface area contributed by atoms with Gasteiger partial charge in [-0.15, -0.1) is 0 Å². The van der Waals surface area contributed by atoms with Crippen molar-refractivity contribution in [1.29, 1.82) is 0 Å². The minimum Gasteiger partial charge on any atom is -0.481 e. The van der Waals surface area contributed by atoms with Crippen LogP contribution < -0.4 is 26.6 Å². The molecule has 18 nitrogen and oxygen atoms in total. The molecule has 372 valence electrons. The van der Waals surface area contributed by atoms with Gasteiger partial charge in [0.25, 0.3) is 0 Å². The zero-order valence-electron chi connectivity index (χ0n) is 39.4. The van der Waals surface area contributed by atoms with Crippen molar-refractivity contribution in [2.24, 2.45) is 22.7 Å². The van der Waals surface area contributed by atoms with E-state index >= 15 is 4.39 Å². The molecule has 4 fully saturated rings. The van der Waals surface area contributed by atoms with E-state index in [9.17, 15) is 43.8 Å². The molecule has 13 atom stereocenters. The lowest BCUT2D eigenvalue weighted by atomic mass is 9.44. The fourth-order valence-corrected chi connectivity index (χ4v) is 12.0. The highest BCUT2D eigenvalue weighted by molar-refractivity contribution is 7.99. The molecular weight excluding hydrogens is 916 g/mol. The third kappa shape index (κ3) is 9.45. The van der Waals surface area contributed by atoms with Crippen LogP contribution in [-0.4, -0.2) is 122 Å². The predicted octanol–water partition coefficient (Wildman–Crippen LogP) is 3.61. The Morgan fingerprint density at radius 1 is 0.971 bits per heavy atom. The maximum absolute atomic E-state index is 17.7. The Kier molecular flexibility index (Phi) is 14.9. The number of nitrogens with one attached hydrogen (secondary N) is 5. The summed E-state index contributed by atoms with van der Waals surface area (Å²) in [5.41, 5.74) is -3.56. The fourth-order valence-electron chi connectivity index (χ4n) is 11.4. The third-order valence-corrected chi connectivity index (χ3v) is 16.1. The summed E-state index contributed by atoms with van der Waals surface area (Å²) in [6, 6.07) is 8.33. The first-order valence-corrected chi connectivity index (χ1v) is 24.4. The normalized spacial score (nSPS) is 31.5. The van der Waals surface area contributed by atoms with Crippen LogP contribution in [0.1, 0.15) is 96.6 Å². The second kappa shape index (κ2) is 20.1. The number of Topliss-reactive ketones (excluding diaryl/α,β-unsaturated/α-hetero) is 1. The standard InChI is InChI=1S/C49H61FN6O12S/c1-25(28-7-11-31(12-8-28)56-43(65)27(3)55-42(64)26(2)54-40(61)16-18-51-44(66)35(69-6)21-41(62)63)53-39-14-9-29(23-52-39)45-67-38-20-34-33-13-10-30-19-32(58)15-17-46(30,4)48(33,50)36(59)22-47(34,5)49(38,68-45)37(60)24-57/h7-9,11-12,14-15,17,19,23,25-27,33-36,38,45,57,59H,10,13,16,18,20-22,24H2,1-6H3,(H,51,66)(H,52,53)(H,54,61)(H,55,64)(H,56,65)(H,62,63)/t25-,26-,27-,33-,34-,35?,36-,38+,45+,46-,47-,48-,49+/m0/s1. The van der Waals surface area contributed by atoms with E-state index in [0.717, 1.165) is 17.3 Å². The van der Waals surface area contributed by atoms with Crippen molar-refractivity contribution in [3.8, 4) is 0 Å². The number of benzene rings is 1. The van der Waals surface area contributed by atoms with Crippen molar-refractivity contribution in [3.05, 3.63) is 77.5 Å². The Bertz CT molecular complexity index is 2420. The summed E-state index contributed by atoms with van der Waals surface area (Å²) in [6.07, 6.45) is 4.73. The van der Waals surface area contributed by atoms with Gasteiger partial charge in [0, 0.05) is 53.2 Å². The molecule has 3 saturated carbocycles. The van der Waals surface area contributed by atoms with Crippen molar-refractivity contribution < 1.29 is 62.7 Å². The number of carbonyl (C=O) groups is 7. The zero-order chi connectivity index (χ0) is 50.2. The van der Waals surface area contributed by atoms with E-state index in [4.69, 9.17) is 14.6 Å². The number of halogens is 1. The highest BCUT2D eigenvalue weighted by atomic mass is 32.2. The number of ether oxygens (including phenoxy) is 2. The minimum absolute atomic E-state index is 0.0521. The van der Waals surface area contributed by atoms with Crippen molar-refractivity contribution in [2.75, 3.05) is 30.0 Å². The van der Waals surface area contributed by atoms with E-state index in [1.54, 1.807) is 49.7 Å². The Morgan fingerprint density at radius 3 is 2.33 bits per heavy atom. The van der Waals surface area contributed by atoms with Gasteiger partial charge in [0.1, 0.15) is 24.5 Å². The minimum atomic E-state index is -2.11. The molecule has 0 bridgehead atoms. The second-order valence-electron chi connectivity index (χ2n) is 19.2. The van der Waals surface area contributed by atoms with Gasteiger partial charge in [-0.25, -0.2) is 9.37 Å². The number of fused-ring (bicyclic) bond motifs is 7. The van der Waals surface area contributed by atoms with Gasteiger partial charge in [0.15, 0.2) is 29.1 Å². The molecule has 0 radical (unpaired) electrons. The van der Waals surface area contributed by atoms with Crippen LogP contribution >= 0.6 is 11.8 Å². The van der Waals surface area contributed by atoms with Crippen LogP contribution in [0.2, 0.25) is 0 Å². The van der Waals surface area contributed by atoms with Crippen LogP contribution in [0.4, 0.5) is 15.9 Å². The molecule has 5 aliphatic rings. The lowest BCUT2D eigenvalue weighted by molar-refractivity contribution is -0.231. The summed E-state index contributed by atoms with van der Waals surface area (Å²) in [7, 11) is 0. The third-order valence-electron chi connectivity index (χ3n) is 15.2. The van der Waals surface area contributed by atoms with Crippen LogP contribution in [0.25, 0.3) is 0 Å². The molecule has 1 unspecified atom stereocenters. The highest BCUT2D eigenvalue weighted by Crippen LogP contribution is 2.72. The number of rotatable bonds is 18. The van der Waals surface area contributed by atoms with Gasteiger partial charge in [-0.2, -0.15) is 11.8 Å². The highest BCUT2D eigenvalue weighted by Gasteiger charge is 2.79. The molecular formula is C49H61FN6O12S. The van der Waals surface area contributed by atoms with Gasteiger partial charge in [0.05, 0.1) is 23.9 Å². The number of aliphatic hydroxyl groups excluding tert-OH is 2. The number of aromatic nitrogens is 1. The van der Waals surface area contributed by atoms with Gasteiger partial charge in [0.2, 0.25) is 23.6 Å². The molecule has 1 saturated heterocycles. The molecule has 2 heterocycles. The number of carboxylic acid groups (broad SMARTS) is 1. The van der Waals surface area contributed by atoms with E-state index in [-0.39, 0.29) is 44.1 Å². The monoisotopic (exact) mass is 976 g/mol. The number of allylic oxidation sites excluding steroid dienone is 4. The first-order chi connectivity index (χ1) is 32.6. The molecule has 4 amide bonds. The van der Waals surface area contributed by atoms with Gasteiger partial charge in [-0.05, 0) is 108 Å². The SMILES string of the molecule is CSC(CC(=O)O)C(=O)NCCC(=O)N[C@@H](C)C(=O)N[C@@H](C)C(=O)Nc1ccc([C@H](C)Nc2ccc([C@@H]3O[C@@H]4C[C@H]5[C@@H]6CCC7=CC(=O)C=C[C@]7(C)[C@@]6(F)[C@@H](O)C[C@]5(C)[C@]4(C(=O)CO)O3)cn2)cc1. The van der Waals surface area contributed by atoms with Crippen LogP contribution in [0.15, 0.2) is 66.4 Å². The summed E-state index contributed by atoms with van der Waals surface area (Å²) in [5.74, 6) is -4.64. The molecule has 4 aliphatic carbocycles. The Labute approximate surface area is 403 Å². The molecule has 0 spiro atoms. The van der Waals surface area contributed by atoms with Gasteiger partial charge in [-0.1, -0.05) is 30.7 Å². The van der Waals surface area contributed by atoms with E-state index in [2.05, 4.69) is 31.6 Å². The smallest absolute Gasteiger partial charge is 0.305 e. The summed E-state index contributed by atoms with van der Waals surface area (Å²) in [5, 5.41) is 44.0. The number of nitrogens with zero attached hydrogens (tertiary/aromatic N) is 1. The van der Waals surface area contributed by atoms with Crippen LogP contribution in [0, 0.1) is 22.7 Å². The first-order valence-electron chi connectivity index (χ1n) is 23.2. The number of thioether (sulfide) groups is 1. The van der Waals surface area contributed by atoms with E-state index in [1.807, 2.05) is 26.0 Å². The molecule has 69 heavy (non-hydrogen) atoms. The number of aliphatic hydroxyl groups is 2. The average molecular weight is 977 g/mol. The number of hydrogen-bond acceptors (Lipinski definition) is 14. The Morgan fingerprint density at radius 2 is 1.68 bits per heavy atom. The van der Waals surface area contributed by atoms with Gasteiger partial charge >= 0.3 is 5.97 Å². The quantitative estimate of drug-likeness (QED) is 0.106.